The molecule has 0 radical (unpaired) electrons. The van der Waals surface area contributed by atoms with Crippen molar-refractivity contribution in [3.05, 3.63) is 48.5 Å². The van der Waals surface area contributed by atoms with E-state index in [9.17, 15) is 9.18 Å². The van der Waals surface area contributed by atoms with Crippen molar-refractivity contribution < 1.29 is 13.9 Å². The molecule has 0 spiro atoms. The van der Waals surface area contributed by atoms with E-state index in [0.717, 1.165) is 13.1 Å². The van der Waals surface area contributed by atoms with Crippen LogP contribution in [0.4, 0.5) is 4.39 Å². The van der Waals surface area contributed by atoms with Crippen LogP contribution >= 0.6 is 12.4 Å². The summed E-state index contributed by atoms with van der Waals surface area (Å²) in [6.45, 7) is 3.71. The summed E-state index contributed by atoms with van der Waals surface area (Å²) < 4.78 is 20.6. The number of benzene rings is 1. The van der Waals surface area contributed by atoms with Gasteiger partial charge < -0.3 is 15.4 Å². The van der Waals surface area contributed by atoms with Crippen LogP contribution < -0.4 is 15.4 Å². The summed E-state index contributed by atoms with van der Waals surface area (Å²) in [4.78, 5) is 12.9. The van der Waals surface area contributed by atoms with Crippen molar-refractivity contribution in [3.8, 4) is 5.75 Å². The Kier molecular flexibility index (Phi) is 6.99. The number of amides is 1. The van der Waals surface area contributed by atoms with Crippen molar-refractivity contribution in [2.24, 2.45) is 0 Å². The number of carbonyl (C=O) groups is 1. The monoisotopic (exact) mass is 382 g/mol. The van der Waals surface area contributed by atoms with Gasteiger partial charge in [-0.05, 0) is 51.1 Å². The Morgan fingerprint density at radius 2 is 2.19 bits per heavy atom. The van der Waals surface area contributed by atoms with E-state index in [4.69, 9.17) is 4.74 Å². The molecule has 1 fully saturated rings. The number of rotatable bonds is 6. The van der Waals surface area contributed by atoms with E-state index in [1.165, 1.54) is 12.1 Å². The summed E-state index contributed by atoms with van der Waals surface area (Å²) in [6, 6.07) is 7.81. The van der Waals surface area contributed by atoms with Gasteiger partial charge in [-0.1, -0.05) is 6.07 Å². The van der Waals surface area contributed by atoms with E-state index < -0.39 is 5.54 Å². The average molecular weight is 383 g/mol. The summed E-state index contributed by atoms with van der Waals surface area (Å²) in [5, 5.41) is 10.5. The van der Waals surface area contributed by atoms with Gasteiger partial charge in [-0.25, -0.2) is 4.39 Å². The number of hydrogen-bond donors (Lipinski definition) is 2. The highest BCUT2D eigenvalue weighted by molar-refractivity contribution is 5.85. The van der Waals surface area contributed by atoms with Gasteiger partial charge in [-0.2, -0.15) is 5.10 Å². The molecule has 2 heterocycles. The van der Waals surface area contributed by atoms with Crippen LogP contribution in [0.2, 0.25) is 0 Å². The van der Waals surface area contributed by atoms with Gasteiger partial charge in [0, 0.05) is 18.5 Å². The van der Waals surface area contributed by atoms with Crippen LogP contribution in [0, 0.1) is 5.82 Å². The van der Waals surface area contributed by atoms with Crippen molar-refractivity contribution in [2.45, 2.75) is 31.4 Å². The quantitative estimate of drug-likeness (QED) is 0.803. The molecule has 2 N–H and O–H groups in total. The molecule has 1 amide bonds. The molecule has 1 unspecified atom stereocenters. The van der Waals surface area contributed by atoms with E-state index in [1.54, 1.807) is 23.0 Å². The Labute approximate surface area is 158 Å². The lowest BCUT2D eigenvalue weighted by Gasteiger charge is -2.36. The highest BCUT2D eigenvalue weighted by atomic mass is 35.5. The van der Waals surface area contributed by atoms with Crippen LogP contribution in [0.3, 0.4) is 0 Å². The molecule has 0 saturated carbocycles. The summed E-state index contributed by atoms with van der Waals surface area (Å²) in [6.07, 6.45) is 4.60. The first-order valence-corrected chi connectivity index (χ1v) is 8.51. The predicted molar refractivity (Wildman–Crippen MR) is 99.1 cm³/mol. The third-order valence-electron chi connectivity index (χ3n) is 4.48. The number of carbonyl (C=O) groups excluding carboxylic acids is 1. The zero-order valence-electron chi connectivity index (χ0n) is 14.7. The maximum absolute atomic E-state index is 13.2. The fourth-order valence-corrected chi connectivity index (χ4v) is 3.14. The van der Waals surface area contributed by atoms with Crippen LogP contribution in [-0.2, 0) is 10.3 Å². The summed E-state index contributed by atoms with van der Waals surface area (Å²) >= 11 is 0. The number of aromatic nitrogens is 2. The SMILES string of the molecule is CC(CNC(=O)C1(n2cccn2)CCNCC1)Oc1cccc(F)c1.Cl. The zero-order valence-corrected chi connectivity index (χ0v) is 15.5. The predicted octanol–water partition coefficient (Wildman–Crippen LogP) is 2.11. The lowest BCUT2D eigenvalue weighted by Crippen LogP contribution is -2.55. The number of ether oxygens (including phenoxy) is 1. The van der Waals surface area contributed by atoms with Crippen LogP contribution in [-0.4, -0.2) is 41.4 Å². The Balaban J connectivity index is 0.00000243. The van der Waals surface area contributed by atoms with Crippen LogP contribution in [0.5, 0.6) is 5.75 Å². The Morgan fingerprint density at radius 1 is 1.42 bits per heavy atom. The van der Waals surface area contributed by atoms with Crippen LogP contribution in [0.15, 0.2) is 42.7 Å². The van der Waals surface area contributed by atoms with Gasteiger partial charge in [-0.3, -0.25) is 9.48 Å². The molecule has 1 atom stereocenters. The van der Waals surface area contributed by atoms with Crippen molar-refractivity contribution >= 4 is 18.3 Å². The van der Waals surface area contributed by atoms with Crippen molar-refractivity contribution in [1.29, 1.82) is 0 Å². The number of nitrogens with zero attached hydrogens (tertiary/aromatic N) is 2. The van der Waals surface area contributed by atoms with Crippen molar-refractivity contribution in [3.63, 3.8) is 0 Å². The largest absolute Gasteiger partial charge is 0.489 e. The second-order valence-corrected chi connectivity index (χ2v) is 6.33. The van der Waals surface area contributed by atoms with E-state index in [2.05, 4.69) is 15.7 Å². The number of halogens is 2. The first-order chi connectivity index (χ1) is 12.1. The van der Waals surface area contributed by atoms with Crippen LogP contribution in [0.1, 0.15) is 19.8 Å². The molecular weight excluding hydrogens is 359 g/mol. The van der Waals surface area contributed by atoms with Crippen molar-refractivity contribution in [1.82, 2.24) is 20.4 Å². The highest BCUT2D eigenvalue weighted by Gasteiger charge is 2.41. The first kappa shape index (κ1) is 20.2. The molecule has 0 bridgehead atoms. The maximum Gasteiger partial charge on any atom is 0.248 e. The minimum atomic E-state index is -0.673. The molecule has 2 aromatic rings. The molecule has 1 aliphatic rings. The second kappa shape index (κ2) is 9.00. The third kappa shape index (κ3) is 4.53. The molecule has 1 aliphatic heterocycles. The van der Waals surface area contributed by atoms with Gasteiger partial charge in [0.2, 0.25) is 5.91 Å². The molecule has 6 nitrogen and oxygen atoms in total. The third-order valence-corrected chi connectivity index (χ3v) is 4.48. The molecule has 142 valence electrons. The fraction of sp³-hybridized carbons (Fsp3) is 0.444. The molecular formula is C18H24ClFN4O2. The summed E-state index contributed by atoms with van der Waals surface area (Å²) in [5.41, 5.74) is -0.673. The Morgan fingerprint density at radius 3 is 2.85 bits per heavy atom. The average Bonchev–Trinajstić information content (AvgIpc) is 3.15. The van der Waals surface area contributed by atoms with Gasteiger partial charge in [-0.15, -0.1) is 12.4 Å². The van der Waals surface area contributed by atoms with Crippen molar-refractivity contribution in [2.75, 3.05) is 19.6 Å². The maximum atomic E-state index is 13.2. The minimum absolute atomic E-state index is 0. The van der Waals surface area contributed by atoms with E-state index in [1.807, 2.05) is 19.2 Å². The normalized spacial score (nSPS) is 17.0. The molecule has 3 rings (SSSR count). The number of nitrogens with one attached hydrogen (secondary N) is 2. The fourth-order valence-electron chi connectivity index (χ4n) is 3.14. The zero-order chi connectivity index (χ0) is 17.7. The molecule has 26 heavy (non-hydrogen) atoms. The summed E-state index contributed by atoms with van der Waals surface area (Å²) in [7, 11) is 0. The van der Waals surface area contributed by atoms with Gasteiger partial charge in [0.05, 0.1) is 6.54 Å². The molecule has 0 aliphatic carbocycles. The topological polar surface area (TPSA) is 68.2 Å². The molecule has 1 aromatic carbocycles. The van der Waals surface area contributed by atoms with Gasteiger partial charge in [0.15, 0.2) is 0 Å². The van der Waals surface area contributed by atoms with E-state index in [-0.39, 0.29) is 30.2 Å². The highest BCUT2D eigenvalue weighted by Crippen LogP contribution is 2.27. The van der Waals surface area contributed by atoms with Gasteiger partial charge >= 0.3 is 0 Å². The minimum Gasteiger partial charge on any atom is -0.489 e. The number of hydrogen-bond acceptors (Lipinski definition) is 4. The lowest BCUT2D eigenvalue weighted by molar-refractivity contribution is -0.132. The van der Waals surface area contributed by atoms with E-state index >= 15 is 0 Å². The van der Waals surface area contributed by atoms with E-state index in [0.29, 0.717) is 25.1 Å². The van der Waals surface area contributed by atoms with Gasteiger partial charge in [0.1, 0.15) is 23.2 Å². The first-order valence-electron chi connectivity index (χ1n) is 8.51. The Bertz CT molecular complexity index is 705. The lowest BCUT2D eigenvalue weighted by atomic mass is 9.87. The molecule has 1 aromatic heterocycles. The molecule has 1 saturated heterocycles. The van der Waals surface area contributed by atoms with Gasteiger partial charge in [0.25, 0.3) is 0 Å². The smallest absolute Gasteiger partial charge is 0.248 e. The standard InChI is InChI=1S/C18H23FN4O2.ClH/c1-14(25-16-5-2-4-15(19)12-16)13-21-17(24)18(6-9-20-10-7-18)23-11-3-8-22-23;/h2-5,8,11-12,14,20H,6-7,9-10,13H2,1H3,(H,21,24);1H. The number of piperidine rings is 1. The molecule has 8 heteroatoms. The Hall–Kier alpha value is -2.12. The second-order valence-electron chi connectivity index (χ2n) is 6.33. The summed E-state index contributed by atoms with van der Waals surface area (Å²) in [5.74, 6) is 0.0406. The van der Waals surface area contributed by atoms with Crippen LogP contribution in [0.25, 0.3) is 0 Å².